The number of aryl methyl sites for hydroxylation is 2. The van der Waals surface area contributed by atoms with E-state index in [0.29, 0.717) is 11.3 Å². The molecule has 0 aliphatic rings. The quantitative estimate of drug-likeness (QED) is 0.884. The number of anilines is 1. The van der Waals surface area contributed by atoms with E-state index in [0.717, 1.165) is 23.3 Å². The molecule has 5 nitrogen and oxygen atoms in total. The summed E-state index contributed by atoms with van der Waals surface area (Å²) in [6.45, 7) is 3.59. The Balaban J connectivity index is 2.29. The van der Waals surface area contributed by atoms with Gasteiger partial charge in [-0.25, -0.2) is 13.2 Å². The Morgan fingerprint density at radius 3 is 2.38 bits per heavy atom. The number of rotatable bonds is 5. The van der Waals surface area contributed by atoms with Crippen LogP contribution in [-0.2, 0) is 16.4 Å². The van der Waals surface area contributed by atoms with Gasteiger partial charge in [-0.05, 0) is 42.7 Å². The van der Waals surface area contributed by atoms with Gasteiger partial charge in [0.25, 0.3) is 10.0 Å². The standard InChI is InChI=1S/C14H15NO4S2/c1-3-10-4-6-11(7-5-10)15-21(18,19)12-8-9(2)13(20-12)14(16)17/h4-8,15H,3H2,1-2H3,(H,16,17). The van der Waals surface area contributed by atoms with Crippen LogP contribution in [0.1, 0.15) is 27.7 Å². The van der Waals surface area contributed by atoms with Crippen molar-refractivity contribution in [1.29, 1.82) is 0 Å². The van der Waals surface area contributed by atoms with Crippen molar-refractivity contribution in [3.8, 4) is 0 Å². The molecule has 0 saturated heterocycles. The number of hydrogen-bond donors (Lipinski definition) is 2. The second-order valence-corrected chi connectivity index (χ2v) is 7.50. The highest BCUT2D eigenvalue weighted by atomic mass is 32.2. The molecule has 0 saturated carbocycles. The smallest absolute Gasteiger partial charge is 0.346 e. The lowest BCUT2D eigenvalue weighted by atomic mass is 10.2. The van der Waals surface area contributed by atoms with Crippen molar-refractivity contribution in [2.75, 3.05) is 4.72 Å². The molecule has 0 bridgehead atoms. The molecular formula is C14H15NO4S2. The molecule has 21 heavy (non-hydrogen) atoms. The van der Waals surface area contributed by atoms with E-state index in [4.69, 9.17) is 5.11 Å². The van der Waals surface area contributed by atoms with Crippen LogP contribution in [0.15, 0.2) is 34.5 Å². The van der Waals surface area contributed by atoms with E-state index in [2.05, 4.69) is 4.72 Å². The van der Waals surface area contributed by atoms with Crippen LogP contribution in [-0.4, -0.2) is 19.5 Å². The maximum Gasteiger partial charge on any atom is 0.346 e. The SMILES string of the molecule is CCc1ccc(NS(=O)(=O)c2cc(C)c(C(=O)O)s2)cc1. The van der Waals surface area contributed by atoms with Crippen LogP contribution in [0, 0.1) is 6.92 Å². The molecule has 2 rings (SSSR count). The van der Waals surface area contributed by atoms with Crippen molar-refractivity contribution in [2.45, 2.75) is 24.5 Å². The first-order valence-corrected chi connectivity index (χ1v) is 8.59. The molecule has 2 N–H and O–H groups in total. The highest BCUT2D eigenvalue weighted by molar-refractivity contribution is 7.94. The van der Waals surface area contributed by atoms with Crippen LogP contribution >= 0.6 is 11.3 Å². The van der Waals surface area contributed by atoms with Gasteiger partial charge in [-0.15, -0.1) is 11.3 Å². The van der Waals surface area contributed by atoms with Crippen molar-refractivity contribution in [2.24, 2.45) is 0 Å². The van der Waals surface area contributed by atoms with E-state index in [1.807, 2.05) is 19.1 Å². The van der Waals surface area contributed by atoms with Gasteiger partial charge in [-0.2, -0.15) is 0 Å². The van der Waals surface area contributed by atoms with Crippen LogP contribution in [0.25, 0.3) is 0 Å². The number of nitrogens with one attached hydrogen (secondary N) is 1. The van der Waals surface area contributed by atoms with Gasteiger partial charge in [0.1, 0.15) is 9.09 Å². The lowest BCUT2D eigenvalue weighted by Crippen LogP contribution is -2.11. The fourth-order valence-corrected chi connectivity index (χ4v) is 4.25. The Labute approximate surface area is 127 Å². The minimum atomic E-state index is -3.76. The van der Waals surface area contributed by atoms with Crippen molar-refractivity contribution < 1.29 is 18.3 Å². The van der Waals surface area contributed by atoms with E-state index >= 15 is 0 Å². The van der Waals surface area contributed by atoms with Gasteiger partial charge in [-0.1, -0.05) is 19.1 Å². The van der Waals surface area contributed by atoms with Gasteiger partial charge in [-0.3, -0.25) is 4.72 Å². The Hall–Kier alpha value is -1.86. The van der Waals surface area contributed by atoms with E-state index in [1.54, 1.807) is 19.1 Å². The van der Waals surface area contributed by atoms with Crippen LogP contribution < -0.4 is 4.72 Å². The number of carboxylic acid groups (broad SMARTS) is 1. The normalized spacial score (nSPS) is 11.3. The van der Waals surface area contributed by atoms with Crippen molar-refractivity contribution in [3.63, 3.8) is 0 Å². The molecule has 1 heterocycles. The molecule has 2 aromatic rings. The highest BCUT2D eigenvalue weighted by Gasteiger charge is 2.21. The van der Waals surface area contributed by atoms with Crippen LogP contribution in [0.5, 0.6) is 0 Å². The molecule has 1 aromatic carbocycles. The average molecular weight is 325 g/mol. The largest absolute Gasteiger partial charge is 0.477 e. The van der Waals surface area contributed by atoms with E-state index in [9.17, 15) is 13.2 Å². The maximum absolute atomic E-state index is 12.3. The summed E-state index contributed by atoms with van der Waals surface area (Å²) in [6, 6.07) is 8.45. The second-order valence-electron chi connectivity index (χ2n) is 4.54. The lowest BCUT2D eigenvalue weighted by Gasteiger charge is -2.06. The number of aromatic carboxylic acids is 1. The number of benzene rings is 1. The van der Waals surface area contributed by atoms with E-state index in [-0.39, 0.29) is 9.09 Å². The molecule has 0 atom stereocenters. The zero-order valence-corrected chi connectivity index (χ0v) is 13.2. The zero-order chi connectivity index (χ0) is 15.6. The monoisotopic (exact) mass is 325 g/mol. The Morgan fingerprint density at radius 2 is 1.90 bits per heavy atom. The molecule has 0 amide bonds. The van der Waals surface area contributed by atoms with E-state index in [1.165, 1.54) is 6.07 Å². The first-order chi connectivity index (χ1) is 9.83. The van der Waals surface area contributed by atoms with E-state index < -0.39 is 16.0 Å². The molecule has 0 spiro atoms. The fourth-order valence-electron chi connectivity index (χ4n) is 1.81. The summed E-state index contributed by atoms with van der Waals surface area (Å²) in [5, 5.41) is 8.99. The summed E-state index contributed by atoms with van der Waals surface area (Å²) < 4.78 is 27.0. The molecule has 112 valence electrons. The number of carboxylic acids is 1. The average Bonchev–Trinajstić information content (AvgIpc) is 2.82. The van der Waals surface area contributed by atoms with Gasteiger partial charge in [0.2, 0.25) is 0 Å². The topological polar surface area (TPSA) is 83.5 Å². The third-order valence-corrected chi connectivity index (χ3v) is 6.05. The summed E-state index contributed by atoms with van der Waals surface area (Å²) in [6.07, 6.45) is 0.874. The number of carbonyl (C=O) groups is 1. The third-order valence-electron chi connectivity index (χ3n) is 2.97. The molecule has 0 aliphatic heterocycles. The Bertz CT molecular complexity index is 761. The summed E-state index contributed by atoms with van der Waals surface area (Å²) in [4.78, 5) is 11.0. The number of thiophene rings is 1. The fraction of sp³-hybridized carbons (Fsp3) is 0.214. The predicted octanol–water partition coefficient (Wildman–Crippen LogP) is 3.12. The Kier molecular flexibility index (Phi) is 4.34. The number of sulfonamides is 1. The zero-order valence-electron chi connectivity index (χ0n) is 11.6. The van der Waals surface area contributed by atoms with Crippen molar-refractivity contribution >= 4 is 33.0 Å². The summed E-state index contributed by atoms with van der Waals surface area (Å²) in [7, 11) is -3.76. The number of hydrogen-bond acceptors (Lipinski definition) is 4. The minimum absolute atomic E-state index is 0.00281. The second kappa shape index (κ2) is 5.87. The third kappa shape index (κ3) is 3.43. The maximum atomic E-state index is 12.3. The van der Waals surface area contributed by atoms with Gasteiger partial charge >= 0.3 is 5.97 Å². The lowest BCUT2D eigenvalue weighted by molar-refractivity contribution is 0.0701. The van der Waals surface area contributed by atoms with Gasteiger partial charge in [0.05, 0.1) is 0 Å². The predicted molar refractivity (Wildman–Crippen MR) is 82.6 cm³/mol. The first-order valence-electron chi connectivity index (χ1n) is 6.29. The van der Waals surface area contributed by atoms with Crippen LogP contribution in [0.2, 0.25) is 0 Å². The summed E-state index contributed by atoms with van der Waals surface area (Å²) in [5.41, 5.74) is 2.00. The molecule has 0 fully saturated rings. The van der Waals surface area contributed by atoms with Crippen LogP contribution in [0.4, 0.5) is 5.69 Å². The molecule has 0 unspecified atom stereocenters. The summed E-state index contributed by atoms with van der Waals surface area (Å²) >= 11 is 0.751. The minimum Gasteiger partial charge on any atom is -0.477 e. The molecule has 7 heteroatoms. The first kappa shape index (κ1) is 15.5. The molecule has 0 aliphatic carbocycles. The highest BCUT2D eigenvalue weighted by Crippen LogP contribution is 2.27. The Morgan fingerprint density at radius 1 is 1.29 bits per heavy atom. The van der Waals surface area contributed by atoms with Gasteiger partial charge in [0, 0.05) is 5.69 Å². The molecular weight excluding hydrogens is 310 g/mol. The van der Waals surface area contributed by atoms with Gasteiger partial charge in [0.15, 0.2) is 0 Å². The summed E-state index contributed by atoms with van der Waals surface area (Å²) in [5.74, 6) is -1.12. The molecule has 1 aromatic heterocycles. The van der Waals surface area contributed by atoms with Gasteiger partial charge < -0.3 is 5.11 Å². The molecule has 0 radical (unpaired) electrons. The van der Waals surface area contributed by atoms with Crippen LogP contribution in [0.3, 0.4) is 0 Å². The van der Waals surface area contributed by atoms with Crippen molar-refractivity contribution in [1.82, 2.24) is 0 Å². The van der Waals surface area contributed by atoms with Crippen molar-refractivity contribution in [3.05, 3.63) is 46.3 Å².